The molecule has 6 nitrogen and oxygen atoms in total. The van der Waals surface area contributed by atoms with E-state index in [0.717, 1.165) is 35.5 Å². The lowest BCUT2D eigenvalue weighted by Crippen LogP contribution is -2.24. The Hall–Kier alpha value is -2.83. The van der Waals surface area contributed by atoms with Crippen molar-refractivity contribution in [1.82, 2.24) is 0 Å². The Morgan fingerprint density at radius 2 is 1.28 bits per heavy atom. The Balaban J connectivity index is 1.62. The number of rotatable bonds is 8. The Kier molecular flexibility index (Phi) is 9.13. The van der Waals surface area contributed by atoms with Gasteiger partial charge in [-0.05, 0) is 55.2 Å². The average molecular weight is 441 g/mol. The van der Waals surface area contributed by atoms with Crippen molar-refractivity contribution in [3.8, 4) is 11.5 Å². The lowest BCUT2D eigenvalue weighted by Gasteiger charge is -2.22. The maximum Gasteiger partial charge on any atom is 0.309 e. The van der Waals surface area contributed by atoms with Crippen molar-refractivity contribution in [3.05, 3.63) is 71.8 Å². The lowest BCUT2D eigenvalue weighted by atomic mass is 10.1. The summed E-state index contributed by atoms with van der Waals surface area (Å²) in [6, 6.07) is 15.5. The smallest absolute Gasteiger partial charge is 0.309 e. The SMILES string of the molecule is COc1ccc(CO[C@@H]2/C=C/[C@@H](OCc3ccc(OC)cc3)CC(=O)O[C@H](C)CC2)cc1. The summed E-state index contributed by atoms with van der Waals surface area (Å²) in [5.41, 5.74) is 2.08. The van der Waals surface area contributed by atoms with Gasteiger partial charge in [0.25, 0.3) is 0 Å². The van der Waals surface area contributed by atoms with Crippen molar-refractivity contribution in [3.63, 3.8) is 0 Å². The van der Waals surface area contributed by atoms with Crippen LogP contribution in [0.4, 0.5) is 0 Å². The number of carbonyl (C=O) groups excluding carboxylic acids is 1. The summed E-state index contributed by atoms with van der Waals surface area (Å²) in [6.45, 7) is 2.79. The third-order valence-corrected chi connectivity index (χ3v) is 5.34. The maximum absolute atomic E-state index is 12.3. The molecule has 1 aliphatic rings. The van der Waals surface area contributed by atoms with E-state index in [1.54, 1.807) is 14.2 Å². The summed E-state index contributed by atoms with van der Waals surface area (Å²) < 4.78 is 28.1. The van der Waals surface area contributed by atoms with Gasteiger partial charge in [0, 0.05) is 0 Å². The van der Waals surface area contributed by atoms with Gasteiger partial charge in [-0.1, -0.05) is 36.4 Å². The van der Waals surface area contributed by atoms with Crippen LogP contribution in [0.2, 0.25) is 0 Å². The molecule has 172 valence electrons. The van der Waals surface area contributed by atoms with E-state index in [1.807, 2.05) is 67.6 Å². The van der Waals surface area contributed by atoms with Gasteiger partial charge in [-0.25, -0.2) is 0 Å². The van der Waals surface area contributed by atoms with Crippen LogP contribution in [0.15, 0.2) is 60.7 Å². The third-order valence-electron chi connectivity index (χ3n) is 5.34. The predicted octanol–water partition coefficient (Wildman–Crippen LogP) is 4.85. The van der Waals surface area contributed by atoms with Gasteiger partial charge in [0.2, 0.25) is 0 Å². The molecule has 0 spiro atoms. The Morgan fingerprint density at radius 3 is 1.81 bits per heavy atom. The molecule has 0 aliphatic carbocycles. The predicted molar refractivity (Wildman–Crippen MR) is 122 cm³/mol. The fourth-order valence-corrected chi connectivity index (χ4v) is 3.41. The fraction of sp³-hybridized carbons (Fsp3) is 0.423. The van der Waals surface area contributed by atoms with Crippen LogP contribution in [-0.2, 0) is 32.2 Å². The molecule has 0 bridgehead atoms. The topological polar surface area (TPSA) is 63.2 Å². The molecule has 2 aromatic carbocycles. The minimum atomic E-state index is -0.387. The van der Waals surface area contributed by atoms with E-state index in [9.17, 15) is 4.79 Å². The molecule has 6 heteroatoms. The number of cyclic esters (lactones) is 1. The second-order valence-corrected chi connectivity index (χ2v) is 7.86. The Morgan fingerprint density at radius 1 is 0.781 bits per heavy atom. The number of benzene rings is 2. The standard InChI is InChI=1S/C26H32O6/c1-19-4-9-24(30-17-20-5-10-22(28-2)11-6-20)14-15-25(16-26(27)32-19)31-18-21-7-12-23(29-3)13-8-21/h5-8,10-15,19,24-25H,4,9,16-18H2,1-3H3/b15-14+/t19-,24+,25-/m1/s1. The van der Waals surface area contributed by atoms with Gasteiger partial charge < -0.3 is 23.7 Å². The minimum absolute atomic E-state index is 0.0940. The van der Waals surface area contributed by atoms with Gasteiger partial charge >= 0.3 is 5.97 Å². The maximum atomic E-state index is 12.3. The zero-order chi connectivity index (χ0) is 22.8. The molecule has 0 aromatic heterocycles. The van der Waals surface area contributed by atoms with Crippen LogP contribution in [0.5, 0.6) is 11.5 Å². The number of esters is 1. The molecular formula is C26H32O6. The summed E-state index contributed by atoms with van der Waals surface area (Å²) in [6.07, 6.45) is 4.94. The summed E-state index contributed by atoms with van der Waals surface area (Å²) in [4.78, 5) is 12.3. The van der Waals surface area contributed by atoms with Crippen molar-refractivity contribution in [2.75, 3.05) is 14.2 Å². The molecule has 3 rings (SSSR count). The molecule has 0 fully saturated rings. The Labute approximate surface area is 190 Å². The molecule has 0 saturated heterocycles. The third kappa shape index (κ3) is 7.70. The molecule has 0 unspecified atom stereocenters. The van der Waals surface area contributed by atoms with E-state index < -0.39 is 0 Å². The van der Waals surface area contributed by atoms with Crippen molar-refractivity contribution >= 4 is 5.97 Å². The number of methoxy groups -OCH3 is 2. The number of hydrogen-bond acceptors (Lipinski definition) is 6. The van der Waals surface area contributed by atoms with E-state index in [0.29, 0.717) is 13.2 Å². The van der Waals surface area contributed by atoms with Crippen molar-refractivity contribution in [1.29, 1.82) is 0 Å². The molecular weight excluding hydrogens is 408 g/mol. The molecule has 2 aromatic rings. The van der Waals surface area contributed by atoms with E-state index >= 15 is 0 Å². The van der Waals surface area contributed by atoms with Gasteiger partial charge in [0.15, 0.2) is 0 Å². The number of hydrogen-bond donors (Lipinski definition) is 0. The summed E-state index contributed by atoms with van der Waals surface area (Å²) in [5.74, 6) is 1.36. The average Bonchev–Trinajstić information content (AvgIpc) is 2.82. The molecule has 1 heterocycles. The van der Waals surface area contributed by atoms with E-state index in [2.05, 4.69) is 0 Å². The largest absolute Gasteiger partial charge is 0.497 e. The second-order valence-electron chi connectivity index (χ2n) is 7.86. The van der Waals surface area contributed by atoms with Crippen LogP contribution in [0.25, 0.3) is 0 Å². The molecule has 0 saturated carbocycles. The first-order valence-corrected chi connectivity index (χ1v) is 10.9. The van der Waals surface area contributed by atoms with Crippen LogP contribution >= 0.6 is 0 Å². The van der Waals surface area contributed by atoms with Crippen molar-refractivity contribution in [2.24, 2.45) is 0 Å². The molecule has 1 aliphatic heterocycles. The van der Waals surface area contributed by atoms with Gasteiger partial charge in [0.05, 0.1) is 52.2 Å². The second kappa shape index (κ2) is 12.3. The molecule has 3 atom stereocenters. The van der Waals surface area contributed by atoms with E-state index in [-0.39, 0.29) is 30.7 Å². The summed E-state index contributed by atoms with van der Waals surface area (Å²) in [5, 5.41) is 0. The van der Waals surface area contributed by atoms with E-state index in [1.165, 1.54) is 0 Å². The highest BCUT2D eigenvalue weighted by Crippen LogP contribution is 2.19. The first-order chi connectivity index (χ1) is 15.6. The molecule has 0 radical (unpaired) electrons. The first kappa shape index (κ1) is 23.8. The van der Waals surface area contributed by atoms with Crippen LogP contribution in [0.1, 0.15) is 37.3 Å². The number of ether oxygens (including phenoxy) is 5. The van der Waals surface area contributed by atoms with Gasteiger partial charge in [-0.3, -0.25) is 4.79 Å². The zero-order valence-electron chi connectivity index (χ0n) is 19.0. The fourth-order valence-electron chi connectivity index (χ4n) is 3.41. The van der Waals surface area contributed by atoms with Crippen LogP contribution in [-0.4, -0.2) is 38.5 Å². The normalized spacial score (nSPS) is 22.6. The van der Waals surface area contributed by atoms with Crippen molar-refractivity contribution in [2.45, 2.75) is 57.7 Å². The first-order valence-electron chi connectivity index (χ1n) is 10.9. The Bertz CT molecular complexity index is 859. The van der Waals surface area contributed by atoms with Gasteiger partial charge in [0.1, 0.15) is 11.5 Å². The summed E-state index contributed by atoms with van der Waals surface area (Å²) >= 11 is 0. The molecule has 32 heavy (non-hydrogen) atoms. The van der Waals surface area contributed by atoms with Crippen LogP contribution in [0, 0.1) is 0 Å². The van der Waals surface area contributed by atoms with E-state index in [4.69, 9.17) is 23.7 Å². The molecule has 0 N–H and O–H groups in total. The summed E-state index contributed by atoms with van der Waals surface area (Å²) in [7, 11) is 3.29. The highest BCUT2D eigenvalue weighted by molar-refractivity contribution is 5.70. The highest BCUT2D eigenvalue weighted by atomic mass is 16.5. The van der Waals surface area contributed by atoms with Crippen LogP contribution in [0.3, 0.4) is 0 Å². The quantitative estimate of drug-likeness (QED) is 0.432. The van der Waals surface area contributed by atoms with Crippen molar-refractivity contribution < 1.29 is 28.5 Å². The van der Waals surface area contributed by atoms with Gasteiger partial charge in [-0.2, -0.15) is 0 Å². The monoisotopic (exact) mass is 440 g/mol. The zero-order valence-corrected chi connectivity index (χ0v) is 19.0. The number of carbonyl (C=O) groups is 1. The van der Waals surface area contributed by atoms with Crippen LogP contribution < -0.4 is 9.47 Å². The lowest BCUT2D eigenvalue weighted by molar-refractivity contribution is -0.151. The highest BCUT2D eigenvalue weighted by Gasteiger charge is 2.20. The molecule has 0 amide bonds. The van der Waals surface area contributed by atoms with Gasteiger partial charge in [-0.15, -0.1) is 0 Å². The minimum Gasteiger partial charge on any atom is -0.497 e.